The SMILES string of the molecule is Cn1nc(C2CCC(=O)NC2=O)c2cccc(N3CCN(C[C@H]4CCN(C(=O)OC(C)(C)C)C[C@@H]4F)CC3)c21. The second-order valence-electron chi connectivity index (χ2n) is 12.0. The van der Waals surface area contributed by atoms with Gasteiger partial charge in [0.15, 0.2) is 0 Å². The highest BCUT2D eigenvalue weighted by molar-refractivity contribution is 6.03. The van der Waals surface area contributed by atoms with Crippen LogP contribution in [0.15, 0.2) is 18.2 Å². The van der Waals surface area contributed by atoms with E-state index in [-0.39, 0.29) is 24.3 Å². The predicted molar refractivity (Wildman–Crippen MR) is 145 cm³/mol. The topological polar surface area (TPSA) is 100 Å². The monoisotopic (exact) mass is 542 g/mol. The van der Waals surface area contributed by atoms with Crippen molar-refractivity contribution in [2.75, 3.05) is 50.7 Å². The molecule has 3 saturated heterocycles. The van der Waals surface area contributed by atoms with Crippen LogP contribution in [-0.2, 0) is 21.4 Å². The number of benzene rings is 1. The summed E-state index contributed by atoms with van der Waals surface area (Å²) in [5.41, 5.74) is 2.16. The lowest BCUT2D eigenvalue weighted by Gasteiger charge is -2.41. The predicted octanol–water partition coefficient (Wildman–Crippen LogP) is 2.81. The first-order valence-electron chi connectivity index (χ1n) is 13.9. The van der Waals surface area contributed by atoms with E-state index in [1.54, 1.807) is 0 Å². The van der Waals surface area contributed by atoms with Gasteiger partial charge < -0.3 is 14.5 Å². The molecule has 4 heterocycles. The summed E-state index contributed by atoms with van der Waals surface area (Å²) in [6.07, 6.45) is -0.111. The molecule has 0 bridgehead atoms. The number of para-hydroxylation sites is 1. The molecule has 3 aliphatic heterocycles. The molecule has 0 aliphatic carbocycles. The molecule has 212 valence electrons. The number of fused-ring (bicyclic) bond motifs is 1. The number of piperidine rings is 2. The van der Waals surface area contributed by atoms with Gasteiger partial charge in [0, 0.05) is 64.0 Å². The summed E-state index contributed by atoms with van der Waals surface area (Å²) in [4.78, 5) is 42.6. The normalized spacial score (nSPS) is 25.2. The van der Waals surface area contributed by atoms with Gasteiger partial charge in [-0.3, -0.25) is 24.5 Å². The first-order valence-corrected chi connectivity index (χ1v) is 13.9. The number of aromatic nitrogens is 2. The van der Waals surface area contributed by atoms with Gasteiger partial charge >= 0.3 is 6.09 Å². The van der Waals surface area contributed by atoms with E-state index >= 15 is 4.39 Å². The molecule has 1 N–H and O–H groups in total. The van der Waals surface area contributed by atoms with Gasteiger partial charge in [0.05, 0.1) is 29.4 Å². The van der Waals surface area contributed by atoms with Gasteiger partial charge in [0.2, 0.25) is 11.8 Å². The number of anilines is 1. The number of nitrogens with zero attached hydrogens (tertiary/aromatic N) is 5. The van der Waals surface area contributed by atoms with Crippen LogP contribution >= 0.6 is 0 Å². The van der Waals surface area contributed by atoms with Crippen LogP contribution in [0.25, 0.3) is 10.9 Å². The van der Waals surface area contributed by atoms with Gasteiger partial charge in [-0.25, -0.2) is 9.18 Å². The van der Waals surface area contributed by atoms with Gasteiger partial charge in [-0.1, -0.05) is 12.1 Å². The highest BCUT2D eigenvalue weighted by Gasteiger charge is 2.36. The van der Waals surface area contributed by atoms with Crippen molar-refractivity contribution >= 4 is 34.5 Å². The van der Waals surface area contributed by atoms with E-state index in [9.17, 15) is 14.4 Å². The maximum atomic E-state index is 15.1. The number of hydrogen-bond donors (Lipinski definition) is 1. The van der Waals surface area contributed by atoms with Crippen LogP contribution in [0, 0.1) is 5.92 Å². The minimum absolute atomic E-state index is 0.0809. The molecule has 3 atom stereocenters. The molecular weight excluding hydrogens is 503 g/mol. The fourth-order valence-corrected chi connectivity index (χ4v) is 5.96. The van der Waals surface area contributed by atoms with Gasteiger partial charge in [-0.15, -0.1) is 0 Å². The maximum Gasteiger partial charge on any atom is 0.410 e. The van der Waals surface area contributed by atoms with Crippen molar-refractivity contribution < 1.29 is 23.5 Å². The first kappa shape index (κ1) is 27.4. The Hall–Kier alpha value is -3.21. The van der Waals surface area contributed by atoms with E-state index in [2.05, 4.69) is 21.2 Å². The molecule has 10 nitrogen and oxygen atoms in total. The fraction of sp³-hybridized carbons (Fsp3) is 0.643. The zero-order valence-corrected chi connectivity index (χ0v) is 23.3. The molecule has 3 amide bonds. The van der Waals surface area contributed by atoms with Gasteiger partial charge in [-0.2, -0.15) is 5.10 Å². The van der Waals surface area contributed by atoms with Crippen molar-refractivity contribution in [2.24, 2.45) is 13.0 Å². The Kier molecular flexibility index (Phi) is 7.54. The van der Waals surface area contributed by atoms with Crippen LogP contribution in [0.5, 0.6) is 0 Å². The van der Waals surface area contributed by atoms with Crippen LogP contribution in [0.4, 0.5) is 14.9 Å². The first-order chi connectivity index (χ1) is 18.5. The molecule has 1 unspecified atom stereocenters. The number of imide groups is 1. The summed E-state index contributed by atoms with van der Waals surface area (Å²) in [6, 6.07) is 6.07. The minimum atomic E-state index is -1.07. The Labute approximate surface area is 228 Å². The Balaban J connectivity index is 1.20. The zero-order valence-electron chi connectivity index (χ0n) is 23.3. The summed E-state index contributed by atoms with van der Waals surface area (Å²) in [7, 11) is 1.89. The van der Waals surface area contributed by atoms with Crippen molar-refractivity contribution in [3.05, 3.63) is 23.9 Å². The molecule has 5 rings (SSSR count). The van der Waals surface area contributed by atoms with E-state index in [1.807, 2.05) is 44.6 Å². The minimum Gasteiger partial charge on any atom is -0.444 e. The van der Waals surface area contributed by atoms with Gasteiger partial charge in [-0.05, 0) is 39.7 Å². The van der Waals surface area contributed by atoms with Crippen molar-refractivity contribution in [1.82, 2.24) is 24.9 Å². The third kappa shape index (κ3) is 5.88. The van der Waals surface area contributed by atoms with Crippen molar-refractivity contribution in [3.8, 4) is 0 Å². The van der Waals surface area contributed by atoms with Crippen molar-refractivity contribution in [2.45, 2.75) is 57.7 Å². The number of carbonyl (C=O) groups excluding carboxylic acids is 3. The molecule has 0 spiro atoms. The van der Waals surface area contributed by atoms with Crippen molar-refractivity contribution in [3.63, 3.8) is 0 Å². The summed E-state index contributed by atoms with van der Waals surface area (Å²) >= 11 is 0. The van der Waals surface area contributed by atoms with E-state index < -0.39 is 23.8 Å². The lowest BCUT2D eigenvalue weighted by atomic mass is 9.92. The van der Waals surface area contributed by atoms with Crippen LogP contribution in [0.3, 0.4) is 0 Å². The average molecular weight is 543 g/mol. The number of piperazine rings is 1. The van der Waals surface area contributed by atoms with Crippen LogP contribution in [0.2, 0.25) is 0 Å². The Morgan fingerprint density at radius 1 is 1.13 bits per heavy atom. The Bertz CT molecular complexity index is 1250. The maximum absolute atomic E-state index is 15.1. The van der Waals surface area contributed by atoms with Gasteiger partial charge in [0.25, 0.3) is 0 Å². The Morgan fingerprint density at radius 2 is 1.87 bits per heavy atom. The molecule has 0 saturated carbocycles. The second-order valence-corrected chi connectivity index (χ2v) is 12.0. The largest absolute Gasteiger partial charge is 0.444 e. The molecule has 39 heavy (non-hydrogen) atoms. The molecule has 0 radical (unpaired) electrons. The number of nitrogens with one attached hydrogen (secondary N) is 1. The number of hydrogen-bond acceptors (Lipinski definition) is 7. The van der Waals surface area contributed by atoms with Crippen LogP contribution in [0.1, 0.15) is 51.6 Å². The Morgan fingerprint density at radius 3 is 2.54 bits per heavy atom. The molecule has 3 aliphatic rings. The van der Waals surface area contributed by atoms with E-state index in [1.165, 1.54) is 4.90 Å². The van der Waals surface area contributed by atoms with Crippen LogP contribution < -0.4 is 10.2 Å². The number of ether oxygens (including phenoxy) is 1. The number of amides is 3. The average Bonchev–Trinajstić information content (AvgIpc) is 3.21. The molecular formula is C28H39FN6O4. The number of aryl methyl sites for hydroxylation is 1. The summed E-state index contributed by atoms with van der Waals surface area (Å²) < 4.78 is 22.3. The molecule has 3 fully saturated rings. The molecule has 1 aromatic carbocycles. The fourth-order valence-electron chi connectivity index (χ4n) is 5.96. The van der Waals surface area contributed by atoms with E-state index in [0.717, 1.165) is 42.8 Å². The number of halogens is 1. The number of carbonyl (C=O) groups is 3. The molecule has 1 aromatic heterocycles. The zero-order chi connectivity index (χ0) is 27.9. The second kappa shape index (κ2) is 10.7. The number of alkyl halides is 1. The quantitative estimate of drug-likeness (QED) is 0.593. The van der Waals surface area contributed by atoms with Gasteiger partial charge in [0.1, 0.15) is 11.8 Å². The summed E-state index contributed by atoms with van der Waals surface area (Å²) in [5.74, 6) is -1.06. The number of likely N-dealkylation sites (tertiary alicyclic amines) is 1. The third-order valence-corrected chi connectivity index (χ3v) is 7.97. The smallest absolute Gasteiger partial charge is 0.410 e. The number of rotatable bonds is 4. The standard InChI is InChI=1S/C28H39FN6O4/c1-28(2,3)39-27(38)35-11-10-18(21(29)17-35)16-33-12-14-34(15-13-33)22-7-5-6-19-24(31-32(4)25(19)22)20-8-9-23(36)30-26(20)37/h5-7,18,20-21H,8-17H2,1-4H3,(H,30,36,37)/t18-,20?,21+/m1/s1. The molecule has 2 aromatic rings. The van der Waals surface area contributed by atoms with Crippen LogP contribution in [-0.4, -0.2) is 95.1 Å². The highest BCUT2D eigenvalue weighted by atomic mass is 19.1. The van der Waals surface area contributed by atoms with E-state index in [0.29, 0.717) is 38.0 Å². The van der Waals surface area contributed by atoms with Crippen molar-refractivity contribution in [1.29, 1.82) is 0 Å². The molecule has 11 heteroatoms. The lowest BCUT2D eigenvalue weighted by Crippen LogP contribution is -2.52. The van der Waals surface area contributed by atoms with E-state index in [4.69, 9.17) is 9.84 Å². The summed E-state index contributed by atoms with van der Waals surface area (Å²) in [6.45, 7) is 9.93. The highest BCUT2D eigenvalue weighted by Crippen LogP contribution is 2.35. The summed E-state index contributed by atoms with van der Waals surface area (Å²) in [5, 5.41) is 8.09. The third-order valence-electron chi connectivity index (χ3n) is 7.97. The lowest BCUT2D eigenvalue weighted by molar-refractivity contribution is -0.134.